The normalized spacial score (nSPS) is 17.1. The predicted octanol–water partition coefficient (Wildman–Crippen LogP) is 2.89. The molecule has 6 heteroatoms. The maximum atomic E-state index is 14.3. The van der Waals surface area contributed by atoms with Gasteiger partial charge in [-0.2, -0.15) is 5.26 Å². The van der Waals surface area contributed by atoms with Crippen LogP contribution in [0.1, 0.15) is 42.5 Å². The van der Waals surface area contributed by atoms with Crippen LogP contribution in [0.25, 0.3) is 0 Å². The molecule has 1 aliphatic rings. The van der Waals surface area contributed by atoms with E-state index < -0.39 is 11.7 Å². The molecule has 0 saturated heterocycles. The number of benzene rings is 1. The zero-order chi connectivity index (χ0) is 15.9. The summed E-state index contributed by atoms with van der Waals surface area (Å²) in [7, 11) is 0. The summed E-state index contributed by atoms with van der Waals surface area (Å²) in [4.78, 5) is 0. The molecule has 1 aliphatic heterocycles. The minimum atomic E-state index is -0.619. The van der Waals surface area contributed by atoms with Crippen molar-refractivity contribution >= 4 is 0 Å². The summed E-state index contributed by atoms with van der Waals surface area (Å²) in [5.41, 5.74) is 7.89. The zero-order valence-corrected chi connectivity index (χ0v) is 12.2. The number of fused-ring (bicyclic) bond motifs is 1. The fourth-order valence-electron chi connectivity index (χ4n) is 2.73. The van der Waals surface area contributed by atoms with Crippen molar-refractivity contribution in [1.82, 2.24) is 10.2 Å². The Bertz CT molecular complexity index is 801. The first kappa shape index (κ1) is 14.1. The Morgan fingerprint density at radius 1 is 1.41 bits per heavy atom. The zero-order valence-electron chi connectivity index (χ0n) is 12.2. The second-order valence-corrected chi connectivity index (χ2v) is 5.46. The van der Waals surface area contributed by atoms with E-state index in [1.54, 1.807) is 18.2 Å². The van der Waals surface area contributed by atoms with Crippen LogP contribution in [0.4, 0.5) is 4.39 Å². The van der Waals surface area contributed by atoms with E-state index in [0.717, 1.165) is 5.69 Å². The molecule has 0 amide bonds. The highest BCUT2D eigenvalue weighted by atomic mass is 19.1. The number of rotatable bonds is 2. The fourth-order valence-corrected chi connectivity index (χ4v) is 2.73. The monoisotopic (exact) mass is 298 g/mol. The number of H-pyrrole nitrogens is 1. The van der Waals surface area contributed by atoms with E-state index in [1.165, 1.54) is 6.07 Å². The first-order chi connectivity index (χ1) is 10.5. The van der Waals surface area contributed by atoms with Gasteiger partial charge in [0.05, 0.1) is 11.5 Å². The Labute approximate surface area is 127 Å². The standard InChI is InChI=1S/C16H15FN4O/c1-8(2)14-13-12(9-5-3-4-6-11(9)17)10(7-18)15(19)22-16(13)21-20-14/h3-6,8,12H,19H2,1-2H3,(H,20,21). The van der Waals surface area contributed by atoms with Gasteiger partial charge in [0.1, 0.15) is 17.5 Å². The van der Waals surface area contributed by atoms with Crippen LogP contribution < -0.4 is 10.5 Å². The molecule has 112 valence electrons. The molecule has 2 heterocycles. The van der Waals surface area contributed by atoms with Crippen LogP contribution in [-0.4, -0.2) is 10.2 Å². The van der Waals surface area contributed by atoms with Crippen LogP contribution in [0.5, 0.6) is 5.88 Å². The van der Waals surface area contributed by atoms with Crippen LogP contribution in [0.15, 0.2) is 35.7 Å². The van der Waals surface area contributed by atoms with E-state index in [-0.39, 0.29) is 17.4 Å². The van der Waals surface area contributed by atoms with Crippen molar-refractivity contribution in [2.24, 2.45) is 5.73 Å². The summed E-state index contributed by atoms with van der Waals surface area (Å²) in [6, 6.07) is 8.40. The number of ether oxygens (including phenoxy) is 1. The van der Waals surface area contributed by atoms with Gasteiger partial charge >= 0.3 is 0 Å². The van der Waals surface area contributed by atoms with Crippen molar-refractivity contribution in [2.45, 2.75) is 25.7 Å². The van der Waals surface area contributed by atoms with Gasteiger partial charge in [-0.25, -0.2) is 4.39 Å². The molecule has 1 aromatic heterocycles. The van der Waals surface area contributed by atoms with E-state index in [0.29, 0.717) is 17.0 Å². The molecular weight excluding hydrogens is 283 g/mol. The van der Waals surface area contributed by atoms with Crippen molar-refractivity contribution in [3.8, 4) is 11.9 Å². The van der Waals surface area contributed by atoms with Crippen LogP contribution in [0.3, 0.4) is 0 Å². The van der Waals surface area contributed by atoms with Crippen molar-refractivity contribution in [1.29, 1.82) is 5.26 Å². The van der Waals surface area contributed by atoms with Crippen molar-refractivity contribution in [3.63, 3.8) is 0 Å². The summed E-state index contributed by atoms with van der Waals surface area (Å²) >= 11 is 0. The summed E-state index contributed by atoms with van der Waals surface area (Å²) in [6.07, 6.45) is 0. The summed E-state index contributed by atoms with van der Waals surface area (Å²) in [5, 5.41) is 16.5. The molecule has 3 rings (SSSR count). The molecule has 3 N–H and O–H groups in total. The number of halogens is 1. The van der Waals surface area contributed by atoms with E-state index in [4.69, 9.17) is 10.5 Å². The molecule has 0 saturated carbocycles. The average Bonchev–Trinajstić information content (AvgIpc) is 2.90. The van der Waals surface area contributed by atoms with Gasteiger partial charge in [-0.3, -0.25) is 5.10 Å². The molecule has 0 radical (unpaired) electrons. The SMILES string of the molecule is CC(C)c1[nH]nc2c1C(c1ccccc1F)C(C#N)=C(N)O2. The summed E-state index contributed by atoms with van der Waals surface area (Å²) < 4.78 is 19.7. The first-order valence-corrected chi connectivity index (χ1v) is 6.94. The second kappa shape index (κ2) is 5.19. The van der Waals surface area contributed by atoms with Crippen LogP contribution in [-0.2, 0) is 0 Å². The summed E-state index contributed by atoms with van der Waals surface area (Å²) in [6.45, 7) is 3.97. The van der Waals surface area contributed by atoms with Crippen LogP contribution >= 0.6 is 0 Å². The van der Waals surface area contributed by atoms with E-state index in [9.17, 15) is 9.65 Å². The number of allylic oxidation sites excluding steroid dienone is 1. The molecule has 22 heavy (non-hydrogen) atoms. The number of nitriles is 1. The number of aromatic nitrogens is 2. The molecule has 0 bridgehead atoms. The minimum absolute atomic E-state index is 0.0370. The molecule has 1 aromatic carbocycles. The molecule has 1 atom stereocenters. The topological polar surface area (TPSA) is 87.7 Å². The number of nitrogens with one attached hydrogen (secondary N) is 1. The van der Waals surface area contributed by atoms with Crippen molar-refractivity contribution < 1.29 is 9.13 Å². The van der Waals surface area contributed by atoms with Crippen molar-refractivity contribution in [3.05, 3.63) is 58.4 Å². The van der Waals surface area contributed by atoms with Gasteiger partial charge in [-0.1, -0.05) is 32.0 Å². The van der Waals surface area contributed by atoms with Gasteiger partial charge in [0.25, 0.3) is 0 Å². The third-order valence-corrected chi connectivity index (χ3v) is 3.76. The third kappa shape index (κ3) is 2.02. The number of nitrogens with two attached hydrogens (primary N) is 1. The number of aromatic amines is 1. The van der Waals surface area contributed by atoms with Gasteiger partial charge in [-0.15, -0.1) is 5.10 Å². The van der Waals surface area contributed by atoms with Gasteiger partial charge < -0.3 is 10.5 Å². The average molecular weight is 298 g/mol. The highest BCUT2D eigenvalue weighted by Crippen LogP contribution is 2.44. The van der Waals surface area contributed by atoms with Gasteiger partial charge in [0.2, 0.25) is 11.8 Å². The maximum Gasteiger partial charge on any atom is 0.244 e. The van der Waals surface area contributed by atoms with E-state index >= 15 is 0 Å². The van der Waals surface area contributed by atoms with E-state index in [1.807, 2.05) is 19.9 Å². The Kier molecular flexibility index (Phi) is 3.33. The Hall–Kier alpha value is -2.81. The lowest BCUT2D eigenvalue weighted by Gasteiger charge is -2.25. The highest BCUT2D eigenvalue weighted by molar-refractivity contribution is 5.55. The molecule has 1 unspecified atom stereocenters. The maximum absolute atomic E-state index is 14.3. The van der Waals surface area contributed by atoms with Crippen molar-refractivity contribution in [2.75, 3.05) is 0 Å². The Morgan fingerprint density at radius 3 is 2.77 bits per heavy atom. The first-order valence-electron chi connectivity index (χ1n) is 6.94. The Balaban J connectivity index is 2.29. The molecule has 0 spiro atoms. The van der Waals surface area contributed by atoms with E-state index in [2.05, 4.69) is 10.2 Å². The minimum Gasteiger partial charge on any atom is -0.420 e. The van der Waals surface area contributed by atoms with Crippen LogP contribution in [0, 0.1) is 17.1 Å². The molecule has 2 aromatic rings. The Morgan fingerprint density at radius 2 is 2.14 bits per heavy atom. The van der Waals surface area contributed by atoms with Crippen LogP contribution in [0.2, 0.25) is 0 Å². The fraction of sp³-hybridized carbons (Fsp3) is 0.250. The van der Waals surface area contributed by atoms with Gasteiger partial charge in [0.15, 0.2) is 0 Å². The smallest absolute Gasteiger partial charge is 0.244 e. The predicted molar refractivity (Wildman–Crippen MR) is 78.4 cm³/mol. The lowest BCUT2D eigenvalue weighted by Crippen LogP contribution is -2.22. The number of hydrogen-bond acceptors (Lipinski definition) is 4. The number of hydrogen-bond donors (Lipinski definition) is 2. The highest BCUT2D eigenvalue weighted by Gasteiger charge is 2.36. The molecule has 0 fully saturated rings. The molecular formula is C16H15FN4O. The summed E-state index contributed by atoms with van der Waals surface area (Å²) in [5.74, 6) is -0.630. The van der Waals surface area contributed by atoms with Gasteiger partial charge in [0, 0.05) is 11.3 Å². The third-order valence-electron chi connectivity index (χ3n) is 3.76. The largest absolute Gasteiger partial charge is 0.420 e. The lowest BCUT2D eigenvalue weighted by molar-refractivity contribution is 0.377. The lowest BCUT2D eigenvalue weighted by atomic mass is 9.82. The quantitative estimate of drug-likeness (QED) is 0.892. The second-order valence-electron chi connectivity index (χ2n) is 5.46. The molecule has 0 aliphatic carbocycles. The molecule has 5 nitrogen and oxygen atoms in total. The van der Waals surface area contributed by atoms with Gasteiger partial charge in [-0.05, 0) is 12.0 Å². The number of nitrogens with zero attached hydrogens (tertiary/aromatic N) is 2.